The van der Waals surface area contributed by atoms with Gasteiger partial charge in [0.15, 0.2) is 0 Å². The molecule has 0 aliphatic rings. The van der Waals surface area contributed by atoms with Gasteiger partial charge in [-0.1, -0.05) is 131 Å². The minimum absolute atomic E-state index is 0.0287. The minimum Gasteiger partial charge on any atom is -0.473 e. The van der Waals surface area contributed by atoms with Gasteiger partial charge in [-0.2, -0.15) is 0 Å². The summed E-state index contributed by atoms with van der Waals surface area (Å²) in [6.07, 6.45) is 5.69. The third kappa shape index (κ3) is 12.0. The van der Waals surface area contributed by atoms with Gasteiger partial charge in [-0.05, 0) is 119 Å². The molecule has 0 heterocycles. The maximum Gasteiger partial charge on any atom is 0.414 e. The summed E-state index contributed by atoms with van der Waals surface area (Å²) in [5.74, 6) is -3.65. The van der Waals surface area contributed by atoms with E-state index in [4.69, 9.17) is 77.7 Å². The zero-order valence-corrected chi connectivity index (χ0v) is 31.3. The van der Waals surface area contributed by atoms with Crippen molar-refractivity contribution in [1.82, 2.24) is 0 Å². The first-order chi connectivity index (χ1) is 24.9. The van der Waals surface area contributed by atoms with Crippen molar-refractivity contribution in [2.75, 3.05) is 0 Å². The second kappa shape index (κ2) is 20.2. The van der Waals surface area contributed by atoms with E-state index in [1.54, 1.807) is 0 Å². The molecule has 6 rings (SSSR count). The van der Waals surface area contributed by atoms with Crippen molar-refractivity contribution in [3.63, 3.8) is 0 Å². The number of aliphatic carboxylic acids is 2. The number of halogens is 4. The van der Waals surface area contributed by atoms with Crippen molar-refractivity contribution in [3.8, 4) is 0 Å². The Morgan fingerprint density at radius 3 is 1.19 bits per heavy atom. The van der Waals surface area contributed by atoms with Gasteiger partial charge in [0.1, 0.15) is 0 Å². The van der Waals surface area contributed by atoms with Crippen LogP contribution in [0.3, 0.4) is 0 Å². The standard InChI is InChI=1S/2C20H19Cl2N.C2H2O4/c2*21-16-11-8-15(9-12-16)20(23)7-3-6-18-17-5-2-1-4-14(17)10-13-19(18)22;3-1(4)2(5)6/h2*1-2,4-5,8-13,20H,3,6-7,23H2;(H,3,4)(H,5,6). The van der Waals surface area contributed by atoms with Gasteiger partial charge in [0.2, 0.25) is 0 Å². The quantitative estimate of drug-likeness (QED) is 0.103. The second-order valence-corrected chi connectivity index (χ2v) is 13.9. The first-order valence-electron chi connectivity index (χ1n) is 16.7. The van der Waals surface area contributed by atoms with Gasteiger partial charge in [-0.25, -0.2) is 9.59 Å². The molecular formula is C42H40Cl4N2O4. The normalized spacial score (nSPS) is 11.9. The summed E-state index contributed by atoms with van der Waals surface area (Å²) in [4.78, 5) is 18.2. The maximum absolute atomic E-state index is 9.10. The second-order valence-electron chi connectivity index (χ2n) is 12.2. The van der Waals surface area contributed by atoms with Crippen LogP contribution in [0.5, 0.6) is 0 Å². The van der Waals surface area contributed by atoms with Crippen LogP contribution in [0.15, 0.2) is 121 Å². The van der Waals surface area contributed by atoms with Crippen molar-refractivity contribution in [1.29, 1.82) is 0 Å². The molecule has 0 aliphatic carbocycles. The van der Waals surface area contributed by atoms with Crippen LogP contribution >= 0.6 is 46.4 Å². The number of carboxylic acids is 2. The Bertz CT molecular complexity index is 1940. The molecule has 0 aromatic heterocycles. The zero-order chi connectivity index (χ0) is 37.6. The summed E-state index contributed by atoms with van der Waals surface area (Å²) in [5, 5.41) is 22.9. The van der Waals surface area contributed by atoms with Crippen LogP contribution in [0, 0.1) is 0 Å². The van der Waals surface area contributed by atoms with E-state index >= 15 is 0 Å². The highest BCUT2D eigenvalue weighted by Gasteiger charge is 2.11. The predicted octanol–water partition coefficient (Wildman–Crippen LogP) is 11.5. The van der Waals surface area contributed by atoms with E-state index in [1.165, 1.54) is 32.7 Å². The molecule has 0 saturated heterocycles. The SMILES string of the molecule is NC(CCCc1c(Cl)ccc2ccccc12)c1ccc(Cl)cc1.NC(CCCc1c(Cl)ccc2ccccc12)c1ccc(Cl)cc1.O=C(O)C(=O)O. The Kier molecular flexibility index (Phi) is 15.8. The Labute approximate surface area is 323 Å². The van der Waals surface area contributed by atoms with E-state index in [0.29, 0.717) is 0 Å². The fourth-order valence-electron chi connectivity index (χ4n) is 5.88. The van der Waals surface area contributed by atoms with Crippen molar-refractivity contribution < 1.29 is 19.8 Å². The summed E-state index contributed by atoms with van der Waals surface area (Å²) in [6, 6.07) is 40.4. The Balaban J connectivity index is 0.000000202. The number of benzene rings is 6. The highest BCUT2D eigenvalue weighted by molar-refractivity contribution is 6.33. The average Bonchev–Trinajstić information content (AvgIpc) is 3.14. The van der Waals surface area contributed by atoms with Gasteiger partial charge in [-0.3, -0.25) is 0 Å². The molecule has 6 aromatic rings. The number of fused-ring (bicyclic) bond motifs is 2. The lowest BCUT2D eigenvalue weighted by Gasteiger charge is -2.13. The van der Waals surface area contributed by atoms with E-state index in [-0.39, 0.29) is 12.1 Å². The number of carbonyl (C=O) groups is 2. The predicted molar refractivity (Wildman–Crippen MR) is 216 cm³/mol. The molecule has 0 radical (unpaired) electrons. The van der Waals surface area contributed by atoms with Gasteiger partial charge < -0.3 is 21.7 Å². The topological polar surface area (TPSA) is 127 Å². The fraction of sp³-hybridized carbons (Fsp3) is 0.190. The average molecular weight is 779 g/mol. The van der Waals surface area contributed by atoms with Crippen LogP contribution in [0.1, 0.15) is 60.0 Å². The van der Waals surface area contributed by atoms with E-state index in [0.717, 1.165) is 69.7 Å². The van der Waals surface area contributed by atoms with E-state index < -0.39 is 11.9 Å². The van der Waals surface area contributed by atoms with Gasteiger partial charge >= 0.3 is 11.9 Å². The monoisotopic (exact) mass is 776 g/mol. The van der Waals surface area contributed by atoms with Crippen LogP contribution in [-0.4, -0.2) is 22.2 Å². The van der Waals surface area contributed by atoms with Gasteiger partial charge in [0.25, 0.3) is 0 Å². The summed E-state index contributed by atoms with van der Waals surface area (Å²) >= 11 is 24.7. The van der Waals surface area contributed by atoms with Crippen LogP contribution in [0.2, 0.25) is 20.1 Å². The molecule has 0 bridgehead atoms. The van der Waals surface area contributed by atoms with Crippen molar-refractivity contribution in [2.24, 2.45) is 11.5 Å². The third-order valence-electron chi connectivity index (χ3n) is 8.63. The number of hydrogen-bond acceptors (Lipinski definition) is 4. The third-order valence-corrected chi connectivity index (χ3v) is 9.84. The molecule has 2 unspecified atom stereocenters. The lowest BCUT2D eigenvalue weighted by Crippen LogP contribution is -2.10. The van der Waals surface area contributed by atoms with E-state index in [9.17, 15) is 0 Å². The number of carboxylic acid groups (broad SMARTS) is 2. The summed E-state index contributed by atoms with van der Waals surface area (Å²) in [7, 11) is 0. The molecule has 52 heavy (non-hydrogen) atoms. The van der Waals surface area contributed by atoms with Gasteiger partial charge in [0, 0.05) is 32.2 Å². The molecule has 6 aromatic carbocycles. The van der Waals surface area contributed by atoms with E-state index in [2.05, 4.69) is 60.7 Å². The number of hydrogen-bond donors (Lipinski definition) is 4. The summed E-state index contributed by atoms with van der Waals surface area (Å²) in [5.41, 5.74) is 17.2. The largest absolute Gasteiger partial charge is 0.473 e. The van der Waals surface area contributed by atoms with E-state index in [1.807, 2.05) is 60.7 Å². The fourth-order valence-corrected chi connectivity index (χ4v) is 6.65. The van der Waals surface area contributed by atoms with Crippen LogP contribution in [0.25, 0.3) is 21.5 Å². The maximum atomic E-state index is 9.10. The van der Waals surface area contributed by atoms with Crippen LogP contribution in [-0.2, 0) is 22.4 Å². The Morgan fingerprint density at radius 2 is 0.846 bits per heavy atom. The van der Waals surface area contributed by atoms with Crippen LogP contribution in [0.4, 0.5) is 0 Å². The smallest absolute Gasteiger partial charge is 0.414 e. The molecule has 10 heteroatoms. The molecule has 0 aliphatic heterocycles. The molecule has 0 spiro atoms. The van der Waals surface area contributed by atoms with Gasteiger partial charge in [0.05, 0.1) is 0 Å². The first-order valence-corrected chi connectivity index (χ1v) is 18.3. The molecular weight excluding hydrogens is 738 g/mol. The summed E-state index contributed by atoms with van der Waals surface area (Å²) < 4.78 is 0. The Hall–Kier alpha value is -4.14. The van der Waals surface area contributed by atoms with Gasteiger partial charge in [-0.15, -0.1) is 0 Å². The molecule has 0 amide bonds. The molecule has 0 saturated carbocycles. The molecule has 6 N–H and O–H groups in total. The number of rotatable bonds is 10. The lowest BCUT2D eigenvalue weighted by atomic mass is 9.97. The first kappa shape index (κ1) is 40.6. The highest BCUT2D eigenvalue weighted by atomic mass is 35.5. The Morgan fingerprint density at radius 1 is 0.500 bits per heavy atom. The number of nitrogens with two attached hydrogens (primary N) is 2. The minimum atomic E-state index is -1.82. The van der Waals surface area contributed by atoms with Crippen molar-refractivity contribution in [3.05, 3.63) is 164 Å². The van der Waals surface area contributed by atoms with Crippen molar-refractivity contribution in [2.45, 2.75) is 50.6 Å². The highest BCUT2D eigenvalue weighted by Crippen LogP contribution is 2.30. The molecule has 2 atom stereocenters. The van der Waals surface area contributed by atoms with Crippen LogP contribution < -0.4 is 11.5 Å². The summed E-state index contributed by atoms with van der Waals surface area (Å²) in [6.45, 7) is 0. The van der Waals surface area contributed by atoms with Crippen molar-refractivity contribution >= 4 is 79.9 Å². The molecule has 6 nitrogen and oxygen atoms in total. The lowest BCUT2D eigenvalue weighted by molar-refractivity contribution is -0.159. The molecule has 0 fully saturated rings. The molecule has 270 valence electrons. The number of aryl methyl sites for hydroxylation is 2. The zero-order valence-electron chi connectivity index (χ0n) is 28.3.